The Kier molecular flexibility index (Phi) is 6.20. The molecular weight excluding hydrogens is 394 g/mol. The number of para-hydroxylation sites is 1. The minimum atomic E-state index is -0.342. The molecule has 0 fully saturated rings. The summed E-state index contributed by atoms with van der Waals surface area (Å²) in [6.07, 6.45) is 3.50. The van der Waals surface area contributed by atoms with Crippen molar-refractivity contribution in [1.82, 2.24) is 19.7 Å². The molecule has 4 aromatic rings. The molecule has 6 nitrogen and oxygen atoms in total. The maximum atomic E-state index is 12.7. The highest BCUT2D eigenvalue weighted by Crippen LogP contribution is 2.28. The maximum Gasteiger partial charge on any atom is 0.237 e. The molecule has 1 N–H and O–H groups in total. The first-order valence-corrected chi connectivity index (χ1v) is 10.5. The summed E-state index contributed by atoms with van der Waals surface area (Å²) in [6, 6.07) is 23.4. The number of nitrogens with zero attached hydrogens (tertiary/aromatic N) is 4. The number of carbonyl (C=O) groups is 1. The molecule has 0 radical (unpaired) electrons. The summed E-state index contributed by atoms with van der Waals surface area (Å²) in [5.74, 6) is 0.647. The Morgan fingerprint density at radius 3 is 2.43 bits per heavy atom. The Balaban J connectivity index is 1.59. The van der Waals surface area contributed by atoms with Crippen LogP contribution in [0.3, 0.4) is 0 Å². The number of amides is 1. The molecule has 0 aliphatic carbocycles. The molecule has 1 atom stereocenters. The van der Waals surface area contributed by atoms with Crippen molar-refractivity contribution in [1.29, 1.82) is 0 Å². The van der Waals surface area contributed by atoms with Crippen LogP contribution in [0, 0.1) is 0 Å². The summed E-state index contributed by atoms with van der Waals surface area (Å²) < 4.78 is 2.03. The van der Waals surface area contributed by atoms with Gasteiger partial charge in [-0.15, -0.1) is 10.2 Å². The quantitative estimate of drug-likeness (QED) is 0.450. The molecule has 2 heterocycles. The molecule has 0 bridgehead atoms. The zero-order chi connectivity index (χ0) is 20.8. The highest BCUT2D eigenvalue weighted by Gasteiger charge is 2.21. The van der Waals surface area contributed by atoms with Crippen LogP contribution in [0.15, 0.2) is 90.3 Å². The largest absolute Gasteiger partial charge is 0.325 e. The molecule has 0 spiro atoms. The minimum absolute atomic E-state index is 0.0802. The summed E-state index contributed by atoms with van der Waals surface area (Å²) in [6.45, 7) is 2.47. The first-order chi connectivity index (χ1) is 14.7. The second kappa shape index (κ2) is 9.37. The van der Waals surface area contributed by atoms with Gasteiger partial charge in [0.05, 0.1) is 11.8 Å². The van der Waals surface area contributed by atoms with E-state index in [0.29, 0.717) is 11.7 Å². The van der Waals surface area contributed by atoms with E-state index in [0.717, 1.165) is 22.6 Å². The second-order valence-corrected chi connectivity index (χ2v) is 8.04. The van der Waals surface area contributed by atoms with Gasteiger partial charge in [0.2, 0.25) is 5.91 Å². The number of pyridine rings is 1. The van der Waals surface area contributed by atoms with Crippen molar-refractivity contribution in [2.45, 2.75) is 23.9 Å². The third kappa shape index (κ3) is 4.75. The average Bonchev–Trinajstić information content (AvgIpc) is 3.17. The van der Waals surface area contributed by atoms with E-state index >= 15 is 0 Å². The van der Waals surface area contributed by atoms with Crippen LogP contribution in [0.1, 0.15) is 12.5 Å². The van der Waals surface area contributed by atoms with Crippen LogP contribution in [0.25, 0.3) is 11.4 Å². The van der Waals surface area contributed by atoms with Crippen LogP contribution in [0.5, 0.6) is 0 Å². The standard InChI is InChI=1S/C23H21N5OS/c1-17(22(29)25-20-12-6-3-7-13-20)30-23-27-26-21(19-11-8-14-24-15-19)28(23)16-18-9-4-2-5-10-18/h2-15,17H,16H2,1H3,(H,25,29). The molecular formula is C23H21N5OS. The topological polar surface area (TPSA) is 72.7 Å². The molecule has 7 heteroatoms. The molecule has 1 amide bonds. The lowest BCUT2D eigenvalue weighted by Gasteiger charge is -2.14. The summed E-state index contributed by atoms with van der Waals surface area (Å²) in [7, 11) is 0. The van der Waals surface area contributed by atoms with Gasteiger partial charge in [0.1, 0.15) is 0 Å². The number of anilines is 1. The lowest BCUT2D eigenvalue weighted by Crippen LogP contribution is -2.23. The molecule has 30 heavy (non-hydrogen) atoms. The van der Waals surface area contributed by atoms with Gasteiger partial charge in [-0.2, -0.15) is 0 Å². The lowest BCUT2D eigenvalue weighted by molar-refractivity contribution is -0.115. The van der Waals surface area contributed by atoms with Gasteiger partial charge in [-0.1, -0.05) is 60.3 Å². The second-order valence-electron chi connectivity index (χ2n) is 6.73. The zero-order valence-corrected chi connectivity index (χ0v) is 17.3. The van der Waals surface area contributed by atoms with Crippen molar-refractivity contribution in [3.63, 3.8) is 0 Å². The van der Waals surface area contributed by atoms with Gasteiger partial charge in [0.25, 0.3) is 0 Å². The molecule has 0 aliphatic heterocycles. The van der Waals surface area contributed by atoms with E-state index in [9.17, 15) is 4.79 Å². The van der Waals surface area contributed by atoms with Crippen molar-refractivity contribution >= 4 is 23.4 Å². The fourth-order valence-corrected chi connectivity index (χ4v) is 3.82. The van der Waals surface area contributed by atoms with Gasteiger partial charge in [0, 0.05) is 23.6 Å². The summed E-state index contributed by atoms with van der Waals surface area (Å²) in [5.41, 5.74) is 2.79. The van der Waals surface area contributed by atoms with Crippen LogP contribution in [0.2, 0.25) is 0 Å². The minimum Gasteiger partial charge on any atom is -0.325 e. The molecule has 0 saturated carbocycles. The van der Waals surface area contributed by atoms with E-state index in [-0.39, 0.29) is 11.2 Å². The number of aromatic nitrogens is 4. The summed E-state index contributed by atoms with van der Waals surface area (Å²) >= 11 is 1.39. The number of hydrogen-bond donors (Lipinski definition) is 1. The van der Waals surface area contributed by atoms with Gasteiger partial charge < -0.3 is 5.32 Å². The first-order valence-electron chi connectivity index (χ1n) is 9.61. The Bertz CT molecular complexity index is 1100. The fraction of sp³-hybridized carbons (Fsp3) is 0.130. The zero-order valence-electron chi connectivity index (χ0n) is 16.5. The number of carbonyl (C=O) groups excluding carboxylic acids is 1. The van der Waals surface area contributed by atoms with Crippen molar-refractivity contribution in [2.75, 3.05) is 5.32 Å². The summed E-state index contributed by atoms with van der Waals surface area (Å²) in [5, 5.41) is 12.1. The van der Waals surface area contributed by atoms with E-state index in [1.165, 1.54) is 11.8 Å². The van der Waals surface area contributed by atoms with Crippen molar-refractivity contribution in [2.24, 2.45) is 0 Å². The number of benzene rings is 2. The van der Waals surface area contributed by atoms with E-state index in [1.807, 2.05) is 72.2 Å². The molecule has 0 saturated heterocycles. The monoisotopic (exact) mass is 415 g/mol. The maximum absolute atomic E-state index is 12.7. The Hall–Kier alpha value is -3.45. The SMILES string of the molecule is CC(Sc1nnc(-c2cccnc2)n1Cc1ccccc1)C(=O)Nc1ccccc1. The van der Waals surface area contributed by atoms with Crippen molar-refractivity contribution in [3.8, 4) is 11.4 Å². The lowest BCUT2D eigenvalue weighted by atomic mass is 10.2. The van der Waals surface area contributed by atoms with Gasteiger partial charge in [-0.25, -0.2) is 0 Å². The molecule has 2 aromatic carbocycles. The van der Waals surface area contributed by atoms with Crippen LogP contribution in [-0.4, -0.2) is 30.9 Å². The van der Waals surface area contributed by atoms with Crippen LogP contribution in [0.4, 0.5) is 5.69 Å². The smallest absolute Gasteiger partial charge is 0.237 e. The Labute approximate surface area is 179 Å². The van der Waals surface area contributed by atoms with Crippen molar-refractivity contribution in [3.05, 3.63) is 90.8 Å². The number of nitrogens with one attached hydrogen (secondary N) is 1. The molecule has 0 aliphatic rings. The predicted molar refractivity (Wildman–Crippen MR) is 119 cm³/mol. The fourth-order valence-electron chi connectivity index (χ4n) is 2.97. The van der Waals surface area contributed by atoms with Crippen molar-refractivity contribution < 1.29 is 4.79 Å². The van der Waals surface area contributed by atoms with Gasteiger partial charge >= 0.3 is 0 Å². The molecule has 1 unspecified atom stereocenters. The average molecular weight is 416 g/mol. The molecule has 4 rings (SSSR count). The van der Waals surface area contributed by atoms with Gasteiger partial charge in [-0.3, -0.25) is 14.3 Å². The summed E-state index contributed by atoms with van der Waals surface area (Å²) in [4.78, 5) is 16.9. The normalized spacial score (nSPS) is 11.8. The van der Waals surface area contributed by atoms with Crippen LogP contribution in [-0.2, 0) is 11.3 Å². The van der Waals surface area contributed by atoms with Gasteiger partial charge in [-0.05, 0) is 36.8 Å². The molecule has 2 aromatic heterocycles. The number of hydrogen-bond acceptors (Lipinski definition) is 5. The van der Waals surface area contributed by atoms with Crippen LogP contribution < -0.4 is 5.32 Å². The Morgan fingerprint density at radius 1 is 1.00 bits per heavy atom. The van der Waals surface area contributed by atoms with E-state index in [4.69, 9.17) is 0 Å². The van der Waals surface area contributed by atoms with E-state index in [1.54, 1.807) is 12.4 Å². The van der Waals surface area contributed by atoms with Crippen LogP contribution >= 0.6 is 11.8 Å². The first kappa shape index (κ1) is 19.8. The van der Waals surface area contributed by atoms with E-state index < -0.39 is 0 Å². The third-order valence-corrected chi connectivity index (χ3v) is 5.59. The predicted octanol–water partition coefficient (Wildman–Crippen LogP) is 4.51. The Morgan fingerprint density at radius 2 is 1.73 bits per heavy atom. The molecule has 150 valence electrons. The van der Waals surface area contributed by atoms with Gasteiger partial charge in [0.15, 0.2) is 11.0 Å². The third-order valence-electron chi connectivity index (χ3n) is 4.51. The highest BCUT2D eigenvalue weighted by molar-refractivity contribution is 8.00. The number of thioether (sulfide) groups is 1. The van der Waals surface area contributed by atoms with E-state index in [2.05, 4.69) is 32.6 Å². The highest BCUT2D eigenvalue weighted by atomic mass is 32.2. The number of rotatable bonds is 7.